The van der Waals surface area contributed by atoms with Gasteiger partial charge in [0.1, 0.15) is 23.2 Å². The summed E-state index contributed by atoms with van der Waals surface area (Å²) in [5.41, 5.74) is 5.75. The molecule has 8 nitrogen and oxygen atoms in total. The molecule has 0 bridgehead atoms. The fraction of sp³-hybridized carbons (Fsp3) is 0.179. The van der Waals surface area contributed by atoms with Crippen molar-refractivity contribution in [2.24, 2.45) is 0 Å². The van der Waals surface area contributed by atoms with Crippen LogP contribution in [0.5, 0.6) is 5.75 Å². The summed E-state index contributed by atoms with van der Waals surface area (Å²) in [6, 6.07) is 12.3. The molecule has 0 saturated carbocycles. The van der Waals surface area contributed by atoms with Gasteiger partial charge in [0.2, 0.25) is 10.0 Å². The fourth-order valence-electron chi connectivity index (χ4n) is 4.09. The number of rotatable bonds is 10. The molecule has 2 aromatic heterocycles. The maximum absolute atomic E-state index is 13.1. The van der Waals surface area contributed by atoms with Gasteiger partial charge in [0, 0.05) is 19.2 Å². The Balaban J connectivity index is 1.37. The molecule has 1 N–H and O–H groups in total. The lowest BCUT2D eigenvalue weighted by atomic mass is 10.1. The van der Waals surface area contributed by atoms with E-state index >= 15 is 0 Å². The summed E-state index contributed by atoms with van der Waals surface area (Å²) >= 11 is 1.51. The smallest absolute Gasteiger partial charge is 0.240 e. The van der Waals surface area contributed by atoms with E-state index in [9.17, 15) is 12.8 Å². The predicted molar refractivity (Wildman–Crippen MR) is 151 cm³/mol. The van der Waals surface area contributed by atoms with Crippen LogP contribution in [0.1, 0.15) is 16.8 Å². The normalized spacial score (nSPS) is 11.8. The van der Waals surface area contributed by atoms with E-state index in [-0.39, 0.29) is 18.0 Å². The Labute approximate surface area is 229 Å². The van der Waals surface area contributed by atoms with Crippen LogP contribution in [0.2, 0.25) is 0 Å². The van der Waals surface area contributed by atoms with Crippen LogP contribution in [-0.4, -0.2) is 43.6 Å². The zero-order valence-corrected chi connectivity index (χ0v) is 22.9. The number of halogens is 1. The van der Waals surface area contributed by atoms with E-state index in [4.69, 9.17) is 14.5 Å². The molecule has 0 aliphatic rings. The van der Waals surface area contributed by atoms with E-state index in [0.29, 0.717) is 12.4 Å². The van der Waals surface area contributed by atoms with Crippen LogP contribution in [0.4, 0.5) is 4.39 Å². The number of nitrogens with zero attached hydrogens (tertiary/aromatic N) is 3. The quantitative estimate of drug-likeness (QED) is 0.223. The van der Waals surface area contributed by atoms with Crippen molar-refractivity contribution >= 4 is 48.7 Å². The average Bonchev–Trinajstić information content (AvgIpc) is 3.35. The third-order valence-corrected chi connectivity index (χ3v) is 8.44. The molecule has 0 saturated heterocycles. The number of nitrogens with one attached hydrogen (secondary N) is 1. The second kappa shape index (κ2) is 11.1. The maximum atomic E-state index is 13.1. The van der Waals surface area contributed by atoms with Crippen LogP contribution in [0.15, 0.2) is 66.2 Å². The van der Waals surface area contributed by atoms with Crippen molar-refractivity contribution in [3.05, 3.63) is 83.9 Å². The van der Waals surface area contributed by atoms with E-state index in [0.717, 1.165) is 60.8 Å². The molecular weight excluding hydrogens is 539 g/mol. The van der Waals surface area contributed by atoms with Crippen molar-refractivity contribution in [2.45, 2.75) is 18.4 Å². The highest BCUT2D eigenvalue weighted by atomic mass is 32.2. The molecule has 0 unspecified atom stereocenters. The molecule has 5 rings (SSSR count). The Morgan fingerprint density at radius 1 is 1.10 bits per heavy atom. The van der Waals surface area contributed by atoms with Gasteiger partial charge in [-0.25, -0.2) is 27.5 Å². The Bertz CT molecular complexity index is 1790. The Morgan fingerprint density at radius 3 is 2.64 bits per heavy atom. The first-order valence-electron chi connectivity index (χ1n) is 12.0. The van der Waals surface area contributed by atoms with Crippen molar-refractivity contribution in [2.75, 3.05) is 20.3 Å². The minimum Gasteiger partial charge on any atom is -0.492 e. The third-order valence-electron chi connectivity index (χ3n) is 5.92. The molecule has 0 amide bonds. The lowest BCUT2D eigenvalue weighted by Gasteiger charge is -2.09. The van der Waals surface area contributed by atoms with Crippen molar-refractivity contribution in [3.8, 4) is 16.3 Å². The second-order valence-electron chi connectivity index (χ2n) is 8.74. The largest absolute Gasteiger partial charge is 0.492 e. The summed E-state index contributed by atoms with van der Waals surface area (Å²) in [5.74, 6) is 0.102. The monoisotopic (exact) mass is 564 g/mol. The van der Waals surface area contributed by atoms with Gasteiger partial charge in [0.25, 0.3) is 0 Å². The highest BCUT2D eigenvalue weighted by Crippen LogP contribution is 2.37. The summed E-state index contributed by atoms with van der Waals surface area (Å²) in [5, 5.41) is 0.791. The zero-order valence-electron chi connectivity index (χ0n) is 21.3. The van der Waals surface area contributed by atoms with E-state index in [1.807, 2.05) is 31.2 Å². The maximum Gasteiger partial charge on any atom is 0.240 e. The molecule has 3 aromatic carbocycles. The summed E-state index contributed by atoms with van der Waals surface area (Å²) in [4.78, 5) is 14.2. The summed E-state index contributed by atoms with van der Waals surface area (Å²) in [7, 11) is -2.14. The van der Waals surface area contributed by atoms with Crippen LogP contribution in [-0.2, 0) is 21.4 Å². The molecule has 5 aromatic rings. The Hall–Kier alpha value is -3.77. The van der Waals surface area contributed by atoms with E-state index in [2.05, 4.69) is 21.3 Å². The first kappa shape index (κ1) is 26.8. The standard InChI is InChI=1S/C28H25FN4O4S2/c1-4-18-12-23(27-24(13-18)32-20(15-30-27)16-36-3)28-33-26-17(2)11-21(14-25(26)38-28)37-10-9-31-39(34,35)22-7-5-19(29)6-8-22/h4-8,11-15,31H,1,9-10,16H2,2-3H3. The van der Waals surface area contributed by atoms with Crippen molar-refractivity contribution in [3.63, 3.8) is 0 Å². The number of ether oxygens (including phenoxy) is 2. The van der Waals surface area contributed by atoms with Gasteiger partial charge in [0.05, 0.1) is 44.6 Å². The average molecular weight is 565 g/mol. The van der Waals surface area contributed by atoms with Crippen molar-refractivity contribution in [1.82, 2.24) is 19.7 Å². The molecule has 0 radical (unpaired) electrons. The van der Waals surface area contributed by atoms with Crippen LogP contribution in [0.25, 0.3) is 37.9 Å². The summed E-state index contributed by atoms with van der Waals surface area (Å²) < 4.78 is 52.3. The van der Waals surface area contributed by atoms with Gasteiger partial charge in [0.15, 0.2) is 0 Å². The number of fused-ring (bicyclic) bond motifs is 2. The number of aromatic nitrogens is 3. The summed E-state index contributed by atoms with van der Waals surface area (Å²) in [6.45, 7) is 6.39. The zero-order chi connectivity index (χ0) is 27.6. The van der Waals surface area contributed by atoms with Crippen molar-refractivity contribution < 1.29 is 22.3 Å². The molecule has 11 heteroatoms. The molecule has 0 aliphatic carbocycles. The number of aryl methyl sites for hydroxylation is 1. The lowest BCUT2D eigenvalue weighted by Crippen LogP contribution is -2.28. The van der Waals surface area contributed by atoms with Gasteiger partial charge < -0.3 is 9.47 Å². The van der Waals surface area contributed by atoms with Crippen LogP contribution in [0, 0.1) is 12.7 Å². The molecule has 0 spiro atoms. The highest BCUT2D eigenvalue weighted by Gasteiger charge is 2.16. The minimum atomic E-state index is -3.76. The molecule has 200 valence electrons. The fourth-order valence-corrected chi connectivity index (χ4v) is 6.19. The van der Waals surface area contributed by atoms with Crippen LogP contribution < -0.4 is 9.46 Å². The van der Waals surface area contributed by atoms with Gasteiger partial charge in [-0.15, -0.1) is 11.3 Å². The topological polar surface area (TPSA) is 103 Å². The van der Waals surface area contributed by atoms with E-state index < -0.39 is 15.8 Å². The minimum absolute atomic E-state index is 0.00832. The van der Waals surface area contributed by atoms with Crippen LogP contribution in [0.3, 0.4) is 0 Å². The number of hydrogen-bond donors (Lipinski definition) is 1. The molecule has 39 heavy (non-hydrogen) atoms. The van der Waals surface area contributed by atoms with Gasteiger partial charge in [-0.05, 0) is 66.6 Å². The van der Waals surface area contributed by atoms with E-state index in [1.165, 1.54) is 23.5 Å². The second-order valence-corrected chi connectivity index (χ2v) is 11.5. The number of methoxy groups -OCH3 is 1. The molecule has 0 fully saturated rings. The first-order chi connectivity index (χ1) is 18.8. The first-order valence-corrected chi connectivity index (χ1v) is 14.3. The Morgan fingerprint density at radius 2 is 1.90 bits per heavy atom. The Kier molecular flexibility index (Phi) is 7.67. The van der Waals surface area contributed by atoms with Gasteiger partial charge in [-0.3, -0.25) is 4.98 Å². The highest BCUT2D eigenvalue weighted by molar-refractivity contribution is 7.89. The molecular formula is C28H25FN4O4S2. The van der Waals surface area contributed by atoms with E-state index in [1.54, 1.807) is 19.4 Å². The molecule has 0 aliphatic heterocycles. The van der Waals surface area contributed by atoms with Crippen LogP contribution >= 0.6 is 11.3 Å². The number of hydrogen-bond acceptors (Lipinski definition) is 8. The van der Waals surface area contributed by atoms with Gasteiger partial charge in [-0.1, -0.05) is 12.7 Å². The third kappa shape index (κ3) is 5.81. The van der Waals surface area contributed by atoms with Gasteiger partial charge in [-0.2, -0.15) is 0 Å². The van der Waals surface area contributed by atoms with Crippen molar-refractivity contribution in [1.29, 1.82) is 0 Å². The predicted octanol–water partition coefficient (Wildman–Crippen LogP) is 5.50. The number of sulfonamides is 1. The number of thiazole rings is 1. The summed E-state index contributed by atoms with van der Waals surface area (Å²) in [6.07, 6.45) is 3.47. The molecule has 0 atom stereocenters. The molecule has 2 heterocycles. The lowest BCUT2D eigenvalue weighted by molar-refractivity contribution is 0.181. The SMILES string of the molecule is C=Cc1cc(-c2nc3c(C)cc(OCCNS(=O)(=O)c4ccc(F)cc4)cc3s2)c2ncc(COC)nc2c1. The number of benzene rings is 3. The van der Waals surface area contributed by atoms with Gasteiger partial charge >= 0.3 is 0 Å².